The molecule has 0 aliphatic heterocycles. The van der Waals surface area contributed by atoms with Crippen LogP contribution in [0.3, 0.4) is 0 Å². The fourth-order valence-electron chi connectivity index (χ4n) is 0.557. The number of rotatable bonds is 1. The van der Waals surface area contributed by atoms with Gasteiger partial charge in [0.05, 0.1) is 0 Å². The molecule has 1 aromatic rings. The molecule has 0 spiro atoms. The van der Waals surface area contributed by atoms with Gasteiger partial charge >= 0.3 is 0 Å². The Morgan fingerprint density at radius 3 is 2.00 bits per heavy atom. The van der Waals surface area contributed by atoms with Crippen LogP contribution in [0.25, 0.3) is 0 Å². The van der Waals surface area contributed by atoms with Crippen molar-refractivity contribution in [1.82, 2.24) is 0 Å². The monoisotopic (exact) mass is 204 g/mol. The van der Waals surface area contributed by atoms with E-state index in [0.717, 1.165) is 0 Å². The van der Waals surface area contributed by atoms with Gasteiger partial charge in [-0.25, -0.2) is 0 Å². The largest absolute Gasteiger partial charge is 0.130 e. The van der Waals surface area contributed by atoms with E-state index in [0.29, 0.717) is 0 Å². The van der Waals surface area contributed by atoms with Crippen LogP contribution in [0.1, 0.15) is 0 Å². The third kappa shape index (κ3) is 2.92. The van der Waals surface area contributed by atoms with Gasteiger partial charge < -0.3 is 0 Å². The third-order valence-electron chi connectivity index (χ3n) is 0.979. The number of hydrogen-bond acceptors (Lipinski definition) is 1. The van der Waals surface area contributed by atoms with Crippen molar-refractivity contribution in [2.45, 2.75) is 4.90 Å². The van der Waals surface area contributed by atoms with E-state index in [1.807, 2.05) is 18.2 Å². The molecule has 0 aliphatic rings. The van der Waals surface area contributed by atoms with Crippen LogP contribution in [-0.2, 0) is 0 Å². The van der Waals surface area contributed by atoms with E-state index in [4.69, 9.17) is 0 Å². The second kappa shape index (κ2) is 4.89. The fourth-order valence-corrected chi connectivity index (χ4v) is 0.986. The minimum absolute atomic E-state index is 0. The molecule has 0 saturated carbocycles. The summed E-state index contributed by atoms with van der Waals surface area (Å²) in [5.74, 6) is 0. The molecule has 0 heterocycles. The first-order valence-corrected chi connectivity index (χ1v) is 3.75. The molecular formula is C7H9BrS. The average molecular weight is 205 g/mol. The number of hydrogen-bond donors (Lipinski definition) is 0. The van der Waals surface area contributed by atoms with E-state index in [1.54, 1.807) is 11.8 Å². The zero-order valence-corrected chi connectivity index (χ0v) is 7.73. The number of benzene rings is 1. The Hall–Kier alpha value is 0.0500. The zero-order chi connectivity index (χ0) is 5.82. The van der Waals surface area contributed by atoms with Gasteiger partial charge in [-0.15, -0.1) is 28.7 Å². The molecule has 1 aromatic carbocycles. The molecule has 50 valence electrons. The van der Waals surface area contributed by atoms with Gasteiger partial charge in [0.15, 0.2) is 0 Å². The highest BCUT2D eigenvalue weighted by Crippen LogP contribution is 2.11. The molecule has 0 amide bonds. The van der Waals surface area contributed by atoms with Gasteiger partial charge in [0, 0.05) is 4.90 Å². The Morgan fingerprint density at radius 2 is 1.67 bits per heavy atom. The van der Waals surface area contributed by atoms with Gasteiger partial charge in [-0.05, 0) is 18.4 Å². The summed E-state index contributed by atoms with van der Waals surface area (Å²) in [6.07, 6.45) is 2.08. The SMILES string of the molecule is Br.CSc1ccccc1. The molecule has 0 saturated heterocycles. The van der Waals surface area contributed by atoms with Crippen molar-refractivity contribution in [1.29, 1.82) is 0 Å². The van der Waals surface area contributed by atoms with Crippen LogP contribution in [0.5, 0.6) is 0 Å². The highest BCUT2D eigenvalue weighted by atomic mass is 79.9. The van der Waals surface area contributed by atoms with Crippen LogP contribution in [0.4, 0.5) is 0 Å². The molecule has 0 aliphatic carbocycles. The second-order valence-electron chi connectivity index (χ2n) is 1.52. The fraction of sp³-hybridized carbons (Fsp3) is 0.143. The van der Waals surface area contributed by atoms with E-state index in [2.05, 4.69) is 18.4 Å². The molecule has 1 rings (SSSR count). The van der Waals surface area contributed by atoms with E-state index in [1.165, 1.54) is 4.90 Å². The number of thioether (sulfide) groups is 1. The number of halogens is 1. The molecule has 0 aromatic heterocycles. The van der Waals surface area contributed by atoms with Crippen LogP contribution in [0.15, 0.2) is 35.2 Å². The van der Waals surface area contributed by atoms with Crippen molar-refractivity contribution in [3.8, 4) is 0 Å². The summed E-state index contributed by atoms with van der Waals surface area (Å²) >= 11 is 1.77. The van der Waals surface area contributed by atoms with Gasteiger partial charge in [-0.2, -0.15) is 0 Å². The normalized spacial score (nSPS) is 8.11. The minimum atomic E-state index is 0. The summed E-state index contributed by atoms with van der Waals surface area (Å²) in [6.45, 7) is 0. The Bertz CT molecular complexity index is 150. The molecule has 0 fully saturated rings. The summed E-state index contributed by atoms with van der Waals surface area (Å²) < 4.78 is 0. The average Bonchev–Trinajstić information content (AvgIpc) is 1.90. The van der Waals surface area contributed by atoms with E-state index >= 15 is 0 Å². The van der Waals surface area contributed by atoms with E-state index < -0.39 is 0 Å². The van der Waals surface area contributed by atoms with Crippen LogP contribution < -0.4 is 0 Å². The predicted octanol–water partition coefficient (Wildman–Crippen LogP) is 2.99. The lowest BCUT2D eigenvalue weighted by molar-refractivity contribution is 1.47. The van der Waals surface area contributed by atoms with Crippen LogP contribution in [0.2, 0.25) is 0 Å². The van der Waals surface area contributed by atoms with E-state index in [-0.39, 0.29) is 17.0 Å². The minimum Gasteiger partial charge on any atom is -0.130 e. The molecule has 0 bridgehead atoms. The molecule has 0 nitrogen and oxygen atoms in total. The van der Waals surface area contributed by atoms with Crippen molar-refractivity contribution in [2.24, 2.45) is 0 Å². The molecule has 0 N–H and O–H groups in total. The highest BCUT2D eigenvalue weighted by molar-refractivity contribution is 8.93. The Labute approximate surface area is 70.4 Å². The first-order chi connectivity index (χ1) is 3.93. The quantitative estimate of drug-likeness (QED) is 0.635. The summed E-state index contributed by atoms with van der Waals surface area (Å²) in [5, 5.41) is 0. The van der Waals surface area contributed by atoms with Gasteiger partial charge in [0.2, 0.25) is 0 Å². The molecule has 0 atom stereocenters. The molecule has 0 radical (unpaired) electrons. The van der Waals surface area contributed by atoms with Crippen molar-refractivity contribution in [2.75, 3.05) is 6.26 Å². The second-order valence-corrected chi connectivity index (χ2v) is 2.40. The standard InChI is InChI=1S/C7H8S.BrH/c1-8-7-5-3-2-4-6-7;/h2-6H,1H3;1H. The maximum Gasteiger partial charge on any atom is 0.00691 e. The van der Waals surface area contributed by atoms with Gasteiger partial charge in [0.1, 0.15) is 0 Å². The summed E-state index contributed by atoms with van der Waals surface area (Å²) in [5.41, 5.74) is 0. The van der Waals surface area contributed by atoms with Crippen LogP contribution >= 0.6 is 28.7 Å². The smallest absolute Gasteiger partial charge is 0.00691 e. The van der Waals surface area contributed by atoms with Crippen LogP contribution in [0, 0.1) is 0 Å². The molecule has 2 heteroatoms. The third-order valence-corrected chi connectivity index (χ3v) is 1.72. The molecule has 9 heavy (non-hydrogen) atoms. The van der Waals surface area contributed by atoms with Gasteiger partial charge in [-0.1, -0.05) is 18.2 Å². The topological polar surface area (TPSA) is 0 Å². The van der Waals surface area contributed by atoms with Crippen molar-refractivity contribution in [3.63, 3.8) is 0 Å². The lowest BCUT2D eigenvalue weighted by Gasteiger charge is -1.89. The summed E-state index contributed by atoms with van der Waals surface area (Å²) in [4.78, 5) is 1.33. The summed E-state index contributed by atoms with van der Waals surface area (Å²) in [6, 6.07) is 10.3. The lowest BCUT2D eigenvalue weighted by Crippen LogP contribution is -1.62. The van der Waals surface area contributed by atoms with Gasteiger partial charge in [0.25, 0.3) is 0 Å². The predicted molar refractivity (Wildman–Crippen MR) is 48.5 cm³/mol. The molecular weight excluding hydrogens is 196 g/mol. The zero-order valence-electron chi connectivity index (χ0n) is 5.20. The van der Waals surface area contributed by atoms with Crippen molar-refractivity contribution < 1.29 is 0 Å². The first-order valence-electron chi connectivity index (χ1n) is 2.52. The van der Waals surface area contributed by atoms with Gasteiger partial charge in [-0.3, -0.25) is 0 Å². The lowest BCUT2D eigenvalue weighted by atomic mass is 10.4. The Balaban J connectivity index is 0.000000640. The van der Waals surface area contributed by atoms with Crippen molar-refractivity contribution >= 4 is 28.7 Å². The van der Waals surface area contributed by atoms with Crippen LogP contribution in [-0.4, -0.2) is 6.26 Å². The van der Waals surface area contributed by atoms with E-state index in [9.17, 15) is 0 Å². The summed E-state index contributed by atoms with van der Waals surface area (Å²) in [7, 11) is 0. The Kier molecular flexibility index (Phi) is 4.91. The van der Waals surface area contributed by atoms with Crippen molar-refractivity contribution in [3.05, 3.63) is 30.3 Å². The molecule has 0 unspecified atom stereocenters. The maximum absolute atomic E-state index is 2.10. The highest BCUT2D eigenvalue weighted by Gasteiger charge is 1.80. The maximum atomic E-state index is 2.10. The Morgan fingerprint density at radius 1 is 1.11 bits per heavy atom. The first kappa shape index (κ1) is 9.05.